The number of halogens is 1. The number of aryl methyl sites for hydroxylation is 2. The SMILES string of the molecule is Cc1cc(C)cc(OCC(=O)OCC(=O)Nc2cc([N+](=O)[O-])ccc2F)c1. The second-order valence-corrected chi connectivity index (χ2v) is 5.74. The van der Waals surface area contributed by atoms with E-state index in [0.29, 0.717) is 5.75 Å². The number of carbonyl (C=O) groups excluding carboxylic acids is 2. The normalized spacial score (nSPS) is 10.2. The first-order valence-corrected chi connectivity index (χ1v) is 7.85. The Morgan fingerprint density at radius 2 is 1.78 bits per heavy atom. The number of ether oxygens (including phenoxy) is 2. The molecule has 2 rings (SSSR count). The van der Waals surface area contributed by atoms with Crippen LogP contribution in [-0.4, -0.2) is 30.0 Å². The minimum absolute atomic E-state index is 0.378. The van der Waals surface area contributed by atoms with Crippen LogP contribution in [0.3, 0.4) is 0 Å². The minimum atomic E-state index is -0.849. The molecular weight excluding hydrogens is 359 g/mol. The van der Waals surface area contributed by atoms with Crippen molar-refractivity contribution in [2.45, 2.75) is 13.8 Å². The number of nitro benzene ring substituents is 1. The van der Waals surface area contributed by atoms with E-state index in [1.54, 1.807) is 12.1 Å². The van der Waals surface area contributed by atoms with Gasteiger partial charge in [-0.15, -0.1) is 0 Å². The zero-order chi connectivity index (χ0) is 20.0. The Morgan fingerprint density at radius 3 is 2.41 bits per heavy atom. The second kappa shape index (κ2) is 8.75. The Hall–Kier alpha value is -3.49. The van der Waals surface area contributed by atoms with E-state index < -0.39 is 35.8 Å². The van der Waals surface area contributed by atoms with Crippen molar-refractivity contribution in [3.63, 3.8) is 0 Å². The zero-order valence-electron chi connectivity index (χ0n) is 14.7. The number of nitrogens with zero attached hydrogens (tertiary/aromatic N) is 1. The molecule has 8 nitrogen and oxygen atoms in total. The van der Waals surface area contributed by atoms with Crippen LogP contribution in [0.15, 0.2) is 36.4 Å². The van der Waals surface area contributed by atoms with Crippen molar-refractivity contribution in [3.05, 3.63) is 63.5 Å². The summed E-state index contributed by atoms with van der Waals surface area (Å²) in [6.45, 7) is 2.68. The van der Waals surface area contributed by atoms with Crippen LogP contribution in [0, 0.1) is 29.8 Å². The molecule has 2 aromatic carbocycles. The molecule has 27 heavy (non-hydrogen) atoms. The topological polar surface area (TPSA) is 108 Å². The Labute approximate surface area is 154 Å². The number of nitrogens with one attached hydrogen (secondary N) is 1. The van der Waals surface area contributed by atoms with E-state index in [2.05, 4.69) is 5.32 Å². The quantitative estimate of drug-likeness (QED) is 0.452. The fourth-order valence-corrected chi connectivity index (χ4v) is 2.26. The largest absolute Gasteiger partial charge is 0.482 e. The molecule has 0 radical (unpaired) electrons. The zero-order valence-corrected chi connectivity index (χ0v) is 14.7. The second-order valence-electron chi connectivity index (χ2n) is 5.74. The van der Waals surface area contributed by atoms with Crippen LogP contribution in [0.5, 0.6) is 5.75 Å². The van der Waals surface area contributed by atoms with Gasteiger partial charge < -0.3 is 14.8 Å². The van der Waals surface area contributed by atoms with E-state index in [1.165, 1.54) is 0 Å². The van der Waals surface area contributed by atoms with Gasteiger partial charge in [0.2, 0.25) is 0 Å². The van der Waals surface area contributed by atoms with Crippen LogP contribution in [0.1, 0.15) is 11.1 Å². The van der Waals surface area contributed by atoms with E-state index in [9.17, 15) is 24.1 Å². The molecule has 0 aliphatic carbocycles. The highest BCUT2D eigenvalue weighted by molar-refractivity contribution is 5.93. The van der Waals surface area contributed by atoms with Gasteiger partial charge in [0.05, 0.1) is 10.6 Å². The molecule has 0 spiro atoms. The fraction of sp³-hybridized carbons (Fsp3) is 0.222. The van der Waals surface area contributed by atoms with Gasteiger partial charge in [-0.3, -0.25) is 14.9 Å². The van der Waals surface area contributed by atoms with Gasteiger partial charge in [-0.2, -0.15) is 0 Å². The number of hydrogen-bond donors (Lipinski definition) is 1. The van der Waals surface area contributed by atoms with Crippen molar-refractivity contribution >= 4 is 23.3 Å². The average molecular weight is 376 g/mol. The molecule has 0 heterocycles. The number of benzene rings is 2. The van der Waals surface area contributed by atoms with Crippen LogP contribution in [0.25, 0.3) is 0 Å². The molecule has 0 bridgehead atoms. The summed E-state index contributed by atoms with van der Waals surface area (Å²) >= 11 is 0. The predicted octanol–water partition coefficient (Wildman–Crippen LogP) is 2.91. The van der Waals surface area contributed by atoms with Gasteiger partial charge in [0.15, 0.2) is 13.2 Å². The molecule has 2 aromatic rings. The molecule has 9 heteroatoms. The maximum absolute atomic E-state index is 13.6. The summed E-state index contributed by atoms with van der Waals surface area (Å²) in [5, 5.41) is 12.8. The molecule has 1 N–H and O–H groups in total. The van der Waals surface area contributed by atoms with Crippen LogP contribution in [0.2, 0.25) is 0 Å². The number of rotatable bonds is 7. The van der Waals surface area contributed by atoms with Crippen LogP contribution in [-0.2, 0) is 14.3 Å². The minimum Gasteiger partial charge on any atom is -0.482 e. The molecule has 1 amide bonds. The van der Waals surface area contributed by atoms with Gasteiger partial charge in [-0.25, -0.2) is 9.18 Å². The highest BCUT2D eigenvalue weighted by Crippen LogP contribution is 2.21. The van der Waals surface area contributed by atoms with Gasteiger partial charge in [-0.1, -0.05) is 6.07 Å². The number of amides is 1. The lowest BCUT2D eigenvalue weighted by atomic mass is 10.1. The molecule has 0 saturated heterocycles. The standard InChI is InChI=1S/C18H17FN2O6/c1-11-5-12(2)7-14(6-11)26-10-18(23)27-9-17(22)20-16-8-13(21(24)25)3-4-15(16)19/h3-8H,9-10H2,1-2H3,(H,20,22). The third-order valence-corrected chi connectivity index (χ3v) is 3.35. The first-order chi connectivity index (χ1) is 12.7. The molecule has 0 saturated carbocycles. The molecular formula is C18H17FN2O6. The van der Waals surface area contributed by atoms with E-state index in [1.807, 2.05) is 19.9 Å². The van der Waals surface area contributed by atoms with Gasteiger partial charge in [-0.05, 0) is 43.2 Å². The lowest BCUT2D eigenvalue weighted by molar-refractivity contribution is -0.384. The van der Waals surface area contributed by atoms with Crippen molar-refractivity contribution in [2.75, 3.05) is 18.5 Å². The Balaban J connectivity index is 1.83. The van der Waals surface area contributed by atoms with E-state index in [4.69, 9.17) is 9.47 Å². The van der Waals surface area contributed by atoms with E-state index >= 15 is 0 Å². The van der Waals surface area contributed by atoms with Crippen LogP contribution < -0.4 is 10.1 Å². The molecule has 0 aromatic heterocycles. The maximum atomic E-state index is 13.6. The first-order valence-electron chi connectivity index (χ1n) is 7.85. The first kappa shape index (κ1) is 19.8. The molecule has 0 aliphatic rings. The Bertz CT molecular complexity index is 864. The number of non-ortho nitro benzene ring substituents is 1. The van der Waals surface area contributed by atoms with Gasteiger partial charge >= 0.3 is 5.97 Å². The summed E-state index contributed by atoms with van der Waals surface area (Å²) in [7, 11) is 0. The predicted molar refractivity (Wildman–Crippen MR) is 94.1 cm³/mol. The highest BCUT2D eigenvalue weighted by atomic mass is 19.1. The van der Waals surface area contributed by atoms with Crippen LogP contribution >= 0.6 is 0 Å². The van der Waals surface area contributed by atoms with E-state index in [-0.39, 0.29) is 11.4 Å². The van der Waals surface area contributed by atoms with Crippen molar-refractivity contribution in [1.29, 1.82) is 0 Å². The number of anilines is 1. The summed E-state index contributed by atoms with van der Waals surface area (Å²) in [5.74, 6) is -1.98. The maximum Gasteiger partial charge on any atom is 0.344 e. The lowest BCUT2D eigenvalue weighted by Crippen LogP contribution is -2.24. The smallest absolute Gasteiger partial charge is 0.344 e. The monoisotopic (exact) mass is 376 g/mol. The Kier molecular flexibility index (Phi) is 6.42. The lowest BCUT2D eigenvalue weighted by Gasteiger charge is -2.09. The third-order valence-electron chi connectivity index (χ3n) is 3.35. The summed E-state index contributed by atoms with van der Waals surface area (Å²) in [5.41, 5.74) is 1.18. The molecule has 0 fully saturated rings. The van der Waals surface area contributed by atoms with Crippen molar-refractivity contribution in [2.24, 2.45) is 0 Å². The molecule has 0 unspecified atom stereocenters. The number of nitro groups is 1. The van der Waals surface area contributed by atoms with Crippen molar-refractivity contribution < 1.29 is 28.4 Å². The van der Waals surface area contributed by atoms with Crippen LogP contribution in [0.4, 0.5) is 15.8 Å². The number of esters is 1. The molecule has 0 atom stereocenters. The average Bonchev–Trinajstić information content (AvgIpc) is 2.59. The van der Waals surface area contributed by atoms with Gasteiger partial charge in [0, 0.05) is 12.1 Å². The summed E-state index contributed by atoms with van der Waals surface area (Å²) in [6, 6.07) is 8.14. The summed E-state index contributed by atoms with van der Waals surface area (Å²) in [6.07, 6.45) is 0. The molecule has 142 valence electrons. The number of hydrogen-bond acceptors (Lipinski definition) is 6. The van der Waals surface area contributed by atoms with E-state index in [0.717, 1.165) is 29.3 Å². The highest BCUT2D eigenvalue weighted by Gasteiger charge is 2.14. The van der Waals surface area contributed by atoms with Gasteiger partial charge in [0.1, 0.15) is 11.6 Å². The van der Waals surface area contributed by atoms with Crippen molar-refractivity contribution in [1.82, 2.24) is 0 Å². The molecule has 0 aliphatic heterocycles. The third kappa shape index (κ3) is 6.07. The summed E-state index contributed by atoms with van der Waals surface area (Å²) < 4.78 is 23.6. The fourth-order valence-electron chi connectivity index (χ4n) is 2.26. The summed E-state index contributed by atoms with van der Waals surface area (Å²) in [4.78, 5) is 33.4. The van der Waals surface area contributed by atoms with Crippen molar-refractivity contribution in [3.8, 4) is 5.75 Å². The Morgan fingerprint density at radius 1 is 1.11 bits per heavy atom. The van der Waals surface area contributed by atoms with Gasteiger partial charge in [0.25, 0.3) is 11.6 Å². The number of carbonyl (C=O) groups is 2.